The van der Waals surface area contributed by atoms with E-state index in [0.717, 1.165) is 30.7 Å². The first-order valence-electron chi connectivity index (χ1n) is 7.36. The van der Waals surface area contributed by atoms with E-state index in [-0.39, 0.29) is 22.0 Å². The van der Waals surface area contributed by atoms with E-state index in [1.807, 2.05) is 0 Å². The minimum Gasteiger partial charge on any atom is -0.505 e. The van der Waals surface area contributed by atoms with E-state index in [1.54, 1.807) is 0 Å². The smallest absolute Gasteiger partial charge is 0.293 e. The van der Waals surface area contributed by atoms with Crippen LogP contribution in [0.3, 0.4) is 0 Å². The number of phenolic OH excluding ortho intramolecular Hbond substituents is 1. The number of aromatic hydroxyl groups is 1. The van der Waals surface area contributed by atoms with Gasteiger partial charge in [-0.2, -0.15) is 0 Å². The first kappa shape index (κ1) is 16.0. The summed E-state index contributed by atoms with van der Waals surface area (Å²) < 4.78 is 18.3. The second-order valence-electron chi connectivity index (χ2n) is 5.56. The van der Waals surface area contributed by atoms with Gasteiger partial charge in [-0.25, -0.2) is 4.39 Å². The molecule has 1 aromatic rings. The van der Waals surface area contributed by atoms with E-state index in [0.29, 0.717) is 25.3 Å². The van der Waals surface area contributed by atoms with Crippen molar-refractivity contribution in [1.82, 2.24) is 4.90 Å². The van der Waals surface area contributed by atoms with Crippen LogP contribution in [0.4, 0.5) is 9.18 Å². The molecule has 1 N–H and O–H groups in total. The molecule has 0 aliphatic carbocycles. The van der Waals surface area contributed by atoms with Crippen molar-refractivity contribution in [3.63, 3.8) is 0 Å². The maximum absolute atomic E-state index is 13.1. The molecule has 2 aliphatic heterocycles. The molecule has 2 fully saturated rings. The second-order valence-corrected chi connectivity index (χ2v) is 6.55. The third-order valence-electron chi connectivity index (χ3n) is 3.92. The average Bonchev–Trinajstić information content (AvgIpc) is 2.80. The van der Waals surface area contributed by atoms with Gasteiger partial charge in [0.1, 0.15) is 0 Å². The Bertz CT molecular complexity index is 670. The molecule has 1 aromatic carbocycles. The van der Waals surface area contributed by atoms with Gasteiger partial charge in [-0.3, -0.25) is 14.5 Å². The molecule has 2 saturated heterocycles. The largest absolute Gasteiger partial charge is 0.505 e. The monoisotopic (exact) mass is 337 g/mol. The molecule has 2 heterocycles. The summed E-state index contributed by atoms with van der Waals surface area (Å²) >= 11 is 0.867. The number of amides is 2. The summed E-state index contributed by atoms with van der Waals surface area (Å²) in [7, 11) is 0. The molecule has 7 heteroatoms. The summed E-state index contributed by atoms with van der Waals surface area (Å²) in [6.07, 6.45) is 3.17. The lowest BCUT2D eigenvalue weighted by Crippen LogP contribution is -2.35. The Kier molecular flexibility index (Phi) is 4.68. The number of hydrogen-bond acceptors (Lipinski definition) is 5. The Labute approximate surface area is 137 Å². The quantitative estimate of drug-likeness (QED) is 0.859. The first-order valence-corrected chi connectivity index (χ1v) is 8.18. The Morgan fingerprint density at radius 1 is 1.35 bits per heavy atom. The molecule has 5 nitrogen and oxygen atoms in total. The molecule has 2 aliphatic rings. The zero-order valence-corrected chi connectivity index (χ0v) is 13.1. The van der Waals surface area contributed by atoms with Crippen LogP contribution < -0.4 is 0 Å². The van der Waals surface area contributed by atoms with Crippen molar-refractivity contribution in [2.45, 2.75) is 12.8 Å². The standard InChI is InChI=1S/C16H16FNO4S/c17-12-2-1-11(7-13(12)19)8-14-15(20)18(16(21)23-14)9-10-3-5-22-6-4-10/h1-2,7-8,10,19H,3-6,9H2. The van der Waals surface area contributed by atoms with Gasteiger partial charge < -0.3 is 9.84 Å². The molecule has 0 aromatic heterocycles. The third-order valence-corrected chi connectivity index (χ3v) is 4.83. The Morgan fingerprint density at radius 2 is 2.09 bits per heavy atom. The van der Waals surface area contributed by atoms with Crippen molar-refractivity contribution in [1.29, 1.82) is 0 Å². The fourth-order valence-corrected chi connectivity index (χ4v) is 3.46. The number of hydrogen-bond donors (Lipinski definition) is 1. The predicted octanol–water partition coefficient (Wildman–Crippen LogP) is 2.99. The second kappa shape index (κ2) is 6.72. The van der Waals surface area contributed by atoms with E-state index < -0.39 is 11.6 Å². The summed E-state index contributed by atoms with van der Waals surface area (Å²) in [5.41, 5.74) is 0.473. The number of benzene rings is 1. The zero-order chi connectivity index (χ0) is 16.4. The number of phenols is 1. The van der Waals surface area contributed by atoms with Crippen molar-refractivity contribution in [3.05, 3.63) is 34.5 Å². The molecule has 23 heavy (non-hydrogen) atoms. The van der Waals surface area contributed by atoms with Crippen LogP contribution in [-0.4, -0.2) is 40.9 Å². The van der Waals surface area contributed by atoms with Crippen LogP contribution in [0.25, 0.3) is 6.08 Å². The van der Waals surface area contributed by atoms with Crippen molar-refractivity contribution in [2.75, 3.05) is 19.8 Å². The van der Waals surface area contributed by atoms with Crippen molar-refractivity contribution >= 4 is 29.0 Å². The minimum atomic E-state index is -0.727. The molecule has 3 rings (SSSR count). The molecule has 0 saturated carbocycles. The number of rotatable bonds is 3. The van der Waals surface area contributed by atoms with Crippen molar-refractivity contribution in [2.24, 2.45) is 5.92 Å². The molecule has 0 atom stereocenters. The van der Waals surface area contributed by atoms with Crippen LogP contribution in [0.5, 0.6) is 5.75 Å². The summed E-state index contributed by atoms with van der Waals surface area (Å²) in [4.78, 5) is 26.0. The van der Waals surface area contributed by atoms with Gasteiger partial charge in [-0.1, -0.05) is 6.07 Å². The fourth-order valence-electron chi connectivity index (χ4n) is 2.62. The lowest BCUT2D eigenvalue weighted by Gasteiger charge is -2.25. The van der Waals surface area contributed by atoms with Gasteiger partial charge in [0.25, 0.3) is 11.1 Å². The van der Waals surface area contributed by atoms with Gasteiger partial charge in [0.2, 0.25) is 0 Å². The van der Waals surface area contributed by atoms with Gasteiger partial charge in [0.05, 0.1) is 4.91 Å². The van der Waals surface area contributed by atoms with E-state index in [9.17, 15) is 19.1 Å². The summed E-state index contributed by atoms with van der Waals surface area (Å²) in [5, 5.41) is 9.08. The summed E-state index contributed by atoms with van der Waals surface area (Å²) in [5.74, 6) is -1.28. The van der Waals surface area contributed by atoms with Gasteiger partial charge >= 0.3 is 0 Å². The average molecular weight is 337 g/mol. The molecule has 0 radical (unpaired) electrons. The number of carbonyl (C=O) groups is 2. The highest BCUT2D eigenvalue weighted by Gasteiger charge is 2.36. The predicted molar refractivity (Wildman–Crippen MR) is 84.3 cm³/mol. The van der Waals surface area contributed by atoms with Crippen LogP contribution in [0.2, 0.25) is 0 Å². The number of ether oxygens (including phenoxy) is 1. The maximum Gasteiger partial charge on any atom is 0.293 e. The van der Waals surface area contributed by atoms with Gasteiger partial charge in [0, 0.05) is 19.8 Å². The Morgan fingerprint density at radius 3 is 2.78 bits per heavy atom. The molecular weight excluding hydrogens is 321 g/mol. The summed E-state index contributed by atoms with van der Waals surface area (Å²) in [6, 6.07) is 3.79. The van der Waals surface area contributed by atoms with Crippen LogP contribution in [0.1, 0.15) is 18.4 Å². The van der Waals surface area contributed by atoms with Crippen LogP contribution >= 0.6 is 11.8 Å². The molecule has 0 bridgehead atoms. The summed E-state index contributed by atoms with van der Waals surface area (Å²) in [6.45, 7) is 1.72. The Balaban J connectivity index is 1.74. The van der Waals surface area contributed by atoms with Crippen molar-refractivity contribution < 1.29 is 23.8 Å². The van der Waals surface area contributed by atoms with E-state index in [4.69, 9.17) is 4.74 Å². The van der Waals surface area contributed by atoms with E-state index in [1.165, 1.54) is 23.1 Å². The third kappa shape index (κ3) is 3.56. The minimum absolute atomic E-state index is 0.270. The molecule has 0 spiro atoms. The highest BCUT2D eigenvalue weighted by Crippen LogP contribution is 2.34. The maximum atomic E-state index is 13.1. The van der Waals surface area contributed by atoms with Crippen LogP contribution in [0.15, 0.2) is 23.1 Å². The molecular formula is C16H16FNO4S. The number of nitrogens with zero attached hydrogens (tertiary/aromatic N) is 1. The fraction of sp³-hybridized carbons (Fsp3) is 0.375. The lowest BCUT2D eigenvalue weighted by atomic mass is 10.00. The van der Waals surface area contributed by atoms with Gasteiger partial charge in [-0.05, 0) is 54.3 Å². The van der Waals surface area contributed by atoms with Crippen LogP contribution in [-0.2, 0) is 9.53 Å². The first-order chi connectivity index (χ1) is 11.0. The topological polar surface area (TPSA) is 66.8 Å². The number of thioether (sulfide) groups is 1. The number of halogens is 1. The normalized spacial score (nSPS) is 21.4. The van der Waals surface area contributed by atoms with E-state index >= 15 is 0 Å². The molecule has 2 amide bonds. The highest BCUT2D eigenvalue weighted by atomic mass is 32.2. The zero-order valence-electron chi connectivity index (χ0n) is 12.3. The molecule has 122 valence electrons. The lowest BCUT2D eigenvalue weighted by molar-refractivity contribution is -0.123. The Hall–Kier alpha value is -1.86. The van der Waals surface area contributed by atoms with E-state index in [2.05, 4.69) is 0 Å². The highest BCUT2D eigenvalue weighted by molar-refractivity contribution is 8.18. The molecule has 0 unspecified atom stereocenters. The van der Waals surface area contributed by atoms with Gasteiger partial charge in [0.15, 0.2) is 11.6 Å². The SMILES string of the molecule is O=C1SC(=Cc2ccc(F)c(O)c2)C(=O)N1CC1CCOCC1. The van der Waals surface area contributed by atoms with Crippen LogP contribution in [0, 0.1) is 11.7 Å². The van der Waals surface area contributed by atoms with Crippen molar-refractivity contribution in [3.8, 4) is 5.75 Å². The van der Waals surface area contributed by atoms with Gasteiger partial charge in [-0.15, -0.1) is 0 Å². The number of imide groups is 1. The number of carbonyl (C=O) groups excluding carboxylic acids is 2.